The Balaban J connectivity index is 2.35. The molecule has 0 spiro atoms. The predicted octanol–water partition coefficient (Wildman–Crippen LogP) is 2.52. The minimum absolute atomic E-state index is 0.0429. The van der Waals surface area contributed by atoms with Crippen molar-refractivity contribution in [3.05, 3.63) is 35.4 Å². The van der Waals surface area contributed by atoms with Gasteiger partial charge in [0.05, 0.1) is 12.7 Å². The third-order valence-electron chi connectivity index (χ3n) is 3.58. The average molecular weight is 291 g/mol. The lowest BCUT2D eigenvalue weighted by molar-refractivity contribution is -0.134. The minimum Gasteiger partial charge on any atom is -0.465 e. The molecule has 1 heterocycles. The molecule has 21 heavy (non-hydrogen) atoms. The summed E-state index contributed by atoms with van der Waals surface area (Å²) in [5.74, 6) is -0.515. The van der Waals surface area contributed by atoms with Crippen molar-refractivity contribution in [2.45, 2.75) is 45.6 Å². The van der Waals surface area contributed by atoms with Crippen molar-refractivity contribution in [3.8, 4) is 0 Å². The molecule has 1 aromatic rings. The SMILES string of the molecule is COC(=O)c1cccc([C@@H]2OC(C)(C)N(C(C)C)C2=O)c1. The van der Waals surface area contributed by atoms with Crippen molar-refractivity contribution < 1.29 is 19.1 Å². The fourth-order valence-corrected chi connectivity index (χ4v) is 2.82. The van der Waals surface area contributed by atoms with E-state index in [-0.39, 0.29) is 11.9 Å². The maximum absolute atomic E-state index is 12.6. The van der Waals surface area contributed by atoms with Gasteiger partial charge in [0.15, 0.2) is 6.10 Å². The first kappa shape index (κ1) is 15.5. The topological polar surface area (TPSA) is 55.8 Å². The standard InChI is InChI=1S/C16H21NO4/c1-10(2)17-14(18)13(21-16(17,3)4)11-7-6-8-12(9-11)15(19)20-5/h6-10,13H,1-5H3/t13-/m0/s1. The van der Waals surface area contributed by atoms with Crippen molar-refractivity contribution in [1.82, 2.24) is 4.90 Å². The predicted molar refractivity (Wildman–Crippen MR) is 77.7 cm³/mol. The van der Waals surface area contributed by atoms with E-state index >= 15 is 0 Å². The number of benzene rings is 1. The van der Waals surface area contributed by atoms with E-state index < -0.39 is 17.8 Å². The van der Waals surface area contributed by atoms with E-state index in [2.05, 4.69) is 0 Å². The van der Waals surface area contributed by atoms with Gasteiger partial charge < -0.3 is 14.4 Å². The highest BCUT2D eigenvalue weighted by Gasteiger charge is 2.47. The van der Waals surface area contributed by atoms with Gasteiger partial charge in [0.25, 0.3) is 5.91 Å². The van der Waals surface area contributed by atoms with E-state index in [9.17, 15) is 9.59 Å². The number of amides is 1. The second-order valence-corrected chi connectivity index (χ2v) is 5.86. The molecule has 2 rings (SSSR count). The van der Waals surface area contributed by atoms with Crippen LogP contribution in [0.1, 0.15) is 49.7 Å². The number of nitrogens with zero attached hydrogens (tertiary/aromatic N) is 1. The molecule has 0 aromatic heterocycles. The number of methoxy groups -OCH3 is 1. The zero-order chi connectivity index (χ0) is 15.8. The summed E-state index contributed by atoms with van der Waals surface area (Å²) in [6.45, 7) is 7.65. The molecule has 5 nitrogen and oxygen atoms in total. The number of hydrogen-bond donors (Lipinski definition) is 0. The molecule has 1 amide bonds. The van der Waals surface area contributed by atoms with Crippen LogP contribution in [0.4, 0.5) is 0 Å². The van der Waals surface area contributed by atoms with Crippen molar-refractivity contribution in [2.24, 2.45) is 0 Å². The number of hydrogen-bond acceptors (Lipinski definition) is 4. The Hall–Kier alpha value is -1.88. The quantitative estimate of drug-likeness (QED) is 0.803. The van der Waals surface area contributed by atoms with Crippen LogP contribution in [0.25, 0.3) is 0 Å². The second-order valence-electron chi connectivity index (χ2n) is 5.86. The molecular weight excluding hydrogens is 270 g/mol. The molecule has 1 saturated heterocycles. The van der Waals surface area contributed by atoms with Crippen LogP contribution in [-0.2, 0) is 14.3 Å². The third kappa shape index (κ3) is 2.78. The molecule has 5 heteroatoms. The summed E-state index contributed by atoms with van der Waals surface area (Å²) in [5.41, 5.74) is 0.406. The molecule has 1 aliphatic rings. The number of carbonyl (C=O) groups excluding carboxylic acids is 2. The minimum atomic E-state index is -0.688. The Kier molecular flexibility index (Phi) is 4.05. The summed E-state index contributed by atoms with van der Waals surface area (Å²) in [5, 5.41) is 0. The van der Waals surface area contributed by atoms with Gasteiger partial charge in [-0.1, -0.05) is 12.1 Å². The van der Waals surface area contributed by atoms with E-state index in [4.69, 9.17) is 9.47 Å². The first-order chi connectivity index (χ1) is 9.77. The van der Waals surface area contributed by atoms with Crippen LogP contribution < -0.4 is 0 Å². The van der Waals surface area contributed by atoms with Crippen molar-refractivity contribution in [3.63, 3.8) is 0 Å². The van der Waals surface area contributed by atoms with E-state index in [1.54, 1.807) is 29.2 Å². The van der Waals surface area contributed by atoms with Crippen LogP contribution in [-0.4, -0.2) is 35.7 Å². The fraction of sp³-hybridized carbons (Fsp3) is 0.500. The lowest BCUT2D eigenvalue weighted by atomic mass is 10.1. The summed E-state index contributed by atoms with van der Waals surface area (Å²) >= 11 is 0. The molecule has 0 aliphatic carbocycles. The number of esters is 1. The number of rotatable bonds is 3. The third-order valence-corrected chi connectivity index (χ3v) is 3.58. The molecule has 0 N–H and O–H groups in total. The Morgan fingerprint density at radius 2 is 2.05 bits per heavy atom. The maximum atomic E-state index is 12.6. The van der Waals surface area contributed by atoms with Crippen molar-refractivity contribution >= 4 is 11.9 Å². The fourth-order valence-electron chi connectivity index (χ4n) is 2.82. The Morgan fingerprint density at radius 1 is 1.38 bits per heavy atom. The number of ether oxygens (including phenoxy) is 2. The van der Waals surface area contributed by atoms with Gasteiger partial charge >= 0.3 is 5.97 Å². The van der Waals surface area contributed by atoms with E-state index in [0.29, 0.717) is 11.1 Å². The summed E-state index contributed by atoms with van der Waals surface area (Å²) in [6, 6.07) is 6.85. The highest BCUT2D eigenvalue weighted by molar-refractivity contribution is 5.90. The van der Waals surface area contributed by atoms with Crippen LogP contribution in [0.15, 0.2) is 24.3 Å². The molecule has 1 aliphatic heterocycles. The van der Waals surface area contributed by atoms with Crippen molar-refractivity contribution in [2.75, 3.05) is 7.11 Å². The first-order valence-corrected chi connectivity index (χ1v) is 6.97. The van der Waals surface area contributed by atoms with Crippen LogP contribution in [0, 0.1) is 0 Å². The van der Waals surface area contributed by atoms with Gasteiger partial charge in [0.1, 0.15) is 5.72 Å². The van der Waals surface area contributed by atoms with E-state index in [1.165, 1.54) is 7.11 Å². The lowest BCUT2D eigenvalue weighted by Crippen LogP contribution is -2.46. The van der Waals surface area contributed by atoms with Crippen LogP contribution >= 0.6 is 0 Å². The first-order valence-electron chi connectivity index (χ1n) is 6.97. The molecule has 0 unspecified atom stereocenters. The molecule has 1 fully saturated rings. The molecular formula is C16H21NO4. The largest absolute Gasteiger partial charge is 0.465 e. The van der Waals surface area contributed by atoms with Gasteiger partial charge in [0, 0.05) is 6.04 Å². The van der Waals surface area contributed by atoms with Gasteiger partial charge in [-0.25, -0.2) is 4.79 Å². The van der Waals surface area contributed by atoms with Crippen LogP contribution in [0.2, 0.25) is 0 Å². The van der Waals surface area contributed by atoms with Gasteiger partial charge in [-0.2, -0.15) is 0 Å². The smallest absolute Gasteiger partial charge is 0.337 e. The molecule has 0 bridgehead atoms. The maximum Gasteiger partial charge on any atom is 0.337 e. The molecule has 114 valence electrons. The zero-order valence-corrected chi connectivity index (χ0v) is 13.0. The Bertz CT molecular complexity index is 565. The van der Waals surface area contributed by atoms with E-state index in [0.717, 1.165) is 0 Å². The van der Waals surface area contributed by atoms with Gasteiger partial charge in [-0.15, -0.1) is 0 Å². The molecule has 0 saturated carbocycles. The summed E-state index contributed by atoms with van der Waals surface area (Å²) in [6.07, 6.45) is -0.688. The highest BCUT2D eigenvalue weighted by atomic mass is 16.6. The highest BCUT2D eigenvalue weighted by Crippen LogP contribution is 2.38. The summed E-state index contributed by atoms with van der Waals surface area (Å²) in [4.78, 5) is 25.9. The lowest BCUT2D eigenvalue weighted by Gasteiger charge is -2.32. The van der Waals surface area contributed by atoms with Crippen LogP contribution in [0.3, 0.4) is 0 Å². The normalized spacial score (nSPS) is 21.0. The number of carbonyl (C=O) groups is 2. The zero-order valence-electron chi connectivity index (χ0n) is 13.0. The van der Waals surface area contributed by atoms with Gasteiger partial charge in [-0.05, 0) is 45.4 Å². The second kappa shape index (κ2) is 5.48. The van der Waals surface area contributed by atoms with E-state index in [1.807, 2.05) is 27.7 Å². The monoisotopic (exact) mass is 291 g/mol. The molecule has 1 aromatic carbocycles. The summed E-state index contributed by atoms with van der Waals surface area (Å²) in [7, 11) is 1.33. The van der Waals surface area contributed by atoms with Crippen LogP contribution in [0.5, 0.6) is 0 Å². The summed E-state index contributed by atoms with van der Waals surface area (Å²) < 4.78 is 10.6. The van der Waals surface area contributed by atoms with Gasteiger partial charge in [-0.3, -0.25) is 4.79 Å². The Labute approximate surface area is 124 Å². The molecule has 0 radical (unpaired) electrons. The average Bonchev–Trinajstić information content (AvgIpc) is 2.67. The molecule has 1 atom stereocenters. The van der Waals surface area contributed by atoms with Gasteiger partial charge in [0.2, 0.25) is 0 Å². The Morgan fingerprint density at radius 3 is 2.57 bits per heavy atom. The van der Waals surface area contributed by atoms with Crippen molar-refractivity contribution in [1.29, 1.82) is 0 Å².